The molecule has 0 saturated carbocycles. The van der Waals surface area contributed by atoms with E-state index in [0.29, 0.717) is 6.61 Å². The number of rotatable bonds is 3. The van der Waals surface area contributed by atoms with E-state index in [9.17, 15) is 19.8 Å². The summed E-state index contributed by atoms with van der Waals surface area (Å²) in [6.07, 6.45) is 1.10. The van der Waals surface area contributed by atoms with E-state index in [1.54, 1.807) is 0 Å². The van der Waals surface area contributed by atoms with Crippen LogP contribution in [-0.4, -0.2) is 23.7 Å². The van der Waals surface area contributed by atoms with Crippen molar-refractivity contribution in [2.75, 3.05) is 6.61 Å². The van der Waals surface area contributed by atoms with Gasteiger partial charge in [-0.2, -0.15) is 0 Å². The first kappa shape index (κ1) is 24.0. The second-order valence-corrected chi connectivity index (χ2v) is 2.17. The summed E-state index contributed by atoms with van der Waals surface area (Å²) in [5.41, 5.74) is 0. The van der Waals surface area contributed by atoms with Crippen LogP contribution in [0.3, 0.4) is 0 Å². The number of carbonyl (C=O) groups excluding carboxylic acids is 2. The third kappa shape index (κ3) is 86.3. The minimum absolute atomic E-state index is 0. The first-order chi connectivity index (χ1) is 6.45. The van der Waals surface area contributed by atoms with Crippen LogP contribution in [0.1, 0.15) is 40.0 Å². The van der Waals surface area contributed by atoms with Crippen LogP contribution in [0.25, 0.3) is 0 Å². The number of carboxylic acid groups (broad SMARTS) is 2. The molecule has 0 rings (SSSR count). The molecule has 15 heavy (non-hydrogen) atoms. The standard InChI is InChI=1S/2C3H6O2.C3H8O.Ti/c2*1-2-3(4)5;1-2-3-4;/h2*2H2,1H3,(H,4,5);4H,2-3H2,1H3;/q;;;+2/p-2. The zero-order valence-electron chi connectivity index (χ0n) is 9.41. The van der Waals surface area contributed by atoms with E-state index in [2.05, 4.69) is 0 Å². The summed E-state index contributed by atoms with van der Waals surface area (Å²) in [5.74, 6) is -1.99. The van der Waals surface area contributed by atoms with E-state index in [1.165, 1.54) is 13.8 Å². The van der Waals surface area contributed by atoms with Crippen molar-refractivity contribution in [1.29, 1.82) is 0 Å². The molecule has 0 aromatic rings. The molecule has 0 heterocycles. The number of aliphatic hydroxyl groups is 1. The molecule has 0 amide bonds. The second-order valence-electron chi connectivity index (χ2n) is 2.17. The molecule has 0 aromatic heterocycles. The fourth-order valence-electron chi connectivity index (χ4n) is 0. The van der Waals surface area contributed by atoms with E-state index in [1.807, 2.05) is 6.92 Å². The number of aliphatic hydroxyl groups excluding tert-OH is 1. The fraction of sp³-hybridized carbons (Fsp3) is 0.778. The smallest absolute Gasteiger partial charge is 0.550 e. The Morgan fingerprint density at radius 3 is 1.13 bits per heavy atom. The molecule has 88 valence electrons. The molecule has 0 saturated heterocycles. The molecule has 0 atom stereocenters. The maximum atomic E-state index is 9.26. The quantitative estimate of drug-likeness (QED) is 0.629. The van der Waals surface area contributed by atoms with Crippen molar-refractivity contribution in [2.24, 2.45) is 0 Å². The van der Waals surface area contributed by atoms with Crippen molar-refractivity contribution in [3.8, 4) is 0 Å². The number of aliphatic carboxylic acids is 2. The Morgan fingerprint density at radius 1 is 1.00 bits per heavy atom. The van der Waals surface area contributed by atoms with Crippen molar-refractivity contribution in [2.45, 2.75) is 40.0 Å². The molecular weight excluding hydrogens is 236 g/mol. The minimum Gasteiger partial charge on any atom is -0.550 e. The molecule has 0 aliphatic rings. The topological polar surface area (TPSA) is 100 Å². The van der Waals surface area contributed by atoms with Crippen LogP contribution in [0.15, 0.2) is 0 Å². The van der Waals surface area contributed by atoms with Gasteiger partial charge in [0.15, 0.2) is 0 Å². The van der Waals surface area contributed by atoms with E-state index in [-0.39, 0.29) is 34.6 Å². The normalized spacial score (nSPS) is 6.93. The SMILES string of the molecule is CCC(=O)[O-].CCC(=O)[O-].CCCO.[Ti+2]. The maximum absolute atomic E-state index is 9.26. The molecule has 0 bridgehead atoms. The number of carboxylic acids is 2. The van der Waals surface area contributed by atoms with Gasteiger partial charge in [0.2, 0.25) is 0 Å². The Bertz CT molecular complexity index is 122. The van der Waals surface area contributed by atoms with Crippen molar-refractivity contribution in [3.63, 3.8) is 0 Å². The second kappa shape index (κ2) is 23.4. The zero-order valence-corrected chi connectivity index (χ0v) is 11.0. The Morgan fingerprint density at radius 2 is 1.13 bits per heavy atom. The first-order valence-corrected chi connectivity index (χ1v) is 4.46. The number of hydrogen-bond acceptors (Lipinski definition) is 5. The number of hydrogen-bond donors (Lipinski definition) is 1. The van der Waals surface area contributed by atoms with Crippen LogP contribution in [-0.2, 0) is 31.3 Å². The monoisotopic (exact) mass is 254 g/mol. The molecule has 6 heteroatoms. The van der Waals surface area contributed by atoms with Gasteiger partial charge >= 0.3 is 21.7 Å². The summed E-state index contributed by atoms with van der Waals surface area (Å²) in [6, 6.07) is 0. The van der Waals surface area contributed by atoms with Crippen LogP contribution in [0.5, 0.6) is 0 Å². The summed E-state index contributed by atoms with van der Waals surface area (Å²) in [6.45, 7) is 5.32. The molecule has 0 aromatic carbocycles. The average molecular weight is 254 g/mol. The van der Waals surface area contributed by atoms with E-state index < -0.39 is 11.9 Å². The Hall–Kier alpha value is -0.386. The van der Waals surface area contributed by atoms with Gasteiger partial charge in [-0.1, -0.05) is 20.8 Å². The molecule has 1 N–H and O–H groups in total. The van der Waals surface area contributed by atoms with Gasteiger partial charge in [0.25, 0.3) is 0 Å². The van der Waals surface area contributed by atoms with Gasteiger partial charge in [-0.25, -0.2) is 0 Å². The van der Waals surface area contributed by atoms with Crippen molar-refractivity contribution in [1.82, 2.24) is 0 Å². The Labute approximate surface area is 105 Å². The van der Waals surface area contributed by atoms with Crippen LogP contribution < -0.4 is 10.2 Å². The summed E-state index contributed by atoms with van der Waals surface area (Å²) >= 11 is 0. The van der Waals surface area contributed by atoms with Crippen molar-refractivity contribution in [3.05, 3.63) is 0 Å². The molecular formula is C9H18O5Ti. The minimum atomic E-state index is -0.995. The summed E-state index contributed by atoms with van der Waals surface area (Å²) in [5, 5.41) is 26.4. The predicted molar refractivity (Wildman–Crippen MR) is 48.0 cm³/mol. The van der Waals surface area contributed by atoms with E-state index >= 15 is 0 Å². The Balaban J connectivity index is -0.0000000590. The fourth-order valence-corrected chi connectivity index (χ4v) is 0. The first-order valence-electron chi connectivity index (χ1n) is 4.46. The van der Waals surface area contributed by atoms with Gasteiger partial charge in [0, 0.05) is 18.5 Å². The summed E-state index contributed by atoms with van der Waals surface area (Å²) in [4.78, 5) is 18.5. The zero-order chi connectivity index (χ0) is 12.0. The van der Waals surface area contributed by atoms with Gasteiger partial charge < -0.3 is 24.9 Å². The molecule has 0 radical (unpaired) electrons. The van der Waals surface area contributed by atoms with E-state index in [0.717, 1.165) is 6.42 Å². The molecule has 0 fully saturated rings. The maximum Gasteiger partial charge on any atom is 2.00 e. The van der Waals surface area contributed by atoms with Crippen LogP contribution in [0.2, 0.25) is 0 Å². The number of carbonyl (C=O) groups is 2. The third-order valence-electron chi connectivity index (χ3n) is 0.801. The average Bonchev–Trinajstić information content (AvgIpc) is 2.19. The Kier molecular flexibility index (Phi) is 37.6. The van der Waals surface area contributed by atoms with Crippen molar-refractivity contribution < 1.29 is 46.6 Å². The molecule has 0 unspecified atom stereocenters. The predicted octanol–water partition coefficient (Wildman–Crippen LogP) is -1.32. The van der Waals surface area contributed by atoms with Crippen LogP contribution >= 0.6 is 0 Å². The van der Waals surface area contributed by atoms with Gasteiger partial charge in [0.05, 0.1) is 0 Å². The van der Waals surface area contributed by atoms with E-state index in [4.69, 9.17) is 5.11 Å². The molecule has 0 spiro atoms. The van der Waals surface area contributed by atoms with Gasteiger partial charge in [-0.3, -0.25) is 0 Å². The summed E-state index contributed by atoms with van der Waals surface area (Å²) < 4.78 is 0. The van der Waals surface area contributed by atoms with Gasteiger partial charge in [-0.05, 0) is 19.3 Å². The third-order valence-corrected chi connectivity index (χ3v) is 0.801. The molecule has 0 aliphatic carbocycles. The van der Waals surface area contributed by atoms with Crippen molar-refractivity contribution >= 4 is 11.9 Å². The largest absolute Gasteiger partial charge is 2.00 e. The molecule has 5 nitrogen and oxygen atoms in total. The van der Waals surface area contributed by atoms with Gasteiger partial charge in [-0.15, -0.1) is 0 Å². The van der Waals surface area contributed by atoms with Crippen LogP contribution in [0, 0.1) is 0 Å². The van der Waals surface area contributed by atoms with Crippen LogP contribution in [0.4, 0.5) is 0 Å². The molecule has 0 aliphatic heterocycles. The van der Waals surface area contributed by atoms with Gasteiger partial charge in [0.1, 0.15) is 0 Å². The summed E-state index contributed by atoms with van der Waals surface area (Å²) in [7, 11) is 0.